The summed E-state index contributed by atoms with van der Waals surface area (Å²) in [5.41, 5.74) is 2.27. The van der Waals surface area contributed by atoms with Crippen LogP contribution in [0.1, 0.15) is 30.0 Å². The van der Waals surface area contributed by atoms with E-state index in [1.807, 2.05) is 12.1 Å². The number of rotatable bonds is 4. The van der Waals surface area contributed by atoms with Gasteiger partial charge in [0.2, 0.25) is 0 Å². The summed E-state index contributed by atoms with van der Waals surface area (Å²) in [6, 6.07) is 10.1. The number of anilines is 3. The minimum absolute atomic E-state index is 0.247. The van der Waals surface area contributed by atoms with Gasteiger partial charge in [0.25, 0.3) is 0 Å². The van der Waals surface area contributed by atoms with Crippen molar-refractivity contribution >= 4 is 23.4 Å². The highest BCUT2D eigenvalue weighted by Gasteiger charge is 2.23. The number of hydrogen-bond donors (Lipinski definition) is 2. The van der Waals surface area contributed by atoms with Gasteiger partial charge in [-0.05, 0) is 36.5 Å². The summed E-state index contributed by atoms with van der Waals surface area (Å²) in [5, 5.41) is 21.7. The summed E-state index contributed by atoms with van der Waals surface area (Å²) in [6.07, 6.45) is 2.43. The van der Waals surface area contributed by atoms with Crippen LogP contribution in [-0.2, 0) is 4.74 Å². The fourth-order valence-electron chi connectivity index (χ4n) is 3.87. The van der Waals surface area contributed by atoms with Crippen LogP contribution in [0.15, 0.2) is 30.5 Å². The van der Waals surface area contributed by atoms with Crippen LogP contribution in [0, 0.1) is 11.3 Å². The molecule has 2 fully saturated rings. The van der Waals surface area contributed by atoms with Crippen molar-refractivity contribution in [2.75, 3.05) is 49.6 Å². The zero-order valence-corrected chi connectivity index (χ0v) is 16.6. The molecule has 0 aliphatic carbocycles. The smallest absolute Gasteiger partial charge is 0.407 e. The van der Waals surface area contributed by atoms with E-state index in [1.165, 1.54) is 10.5 Å². The highest BCUT2D eigenvalue weighted by Crippen LogP contribution is 2.29. The number of morpholine rings is 1. The average Bonchev–Trinajstić information content (AvgIpc) is 2.80. The van der Waals surface area contributed by atoms with Crippen LogP contribution in [0.3, 0.4) is 0 Å². The second kappa shape index (κ2) is 8.97. The molecule has 30 heavy (non-hydrogen) atoms. The second-order valence-electron chi connectivity index (χ2n) is 7.43. The molecule has 2 saturated heterocycles. The van der Waals surface area contributed by atoms with Gasteiger partial charge in [0.05, 0.1) is 19.4 Å². The van der Waals surface area contributed by atoms with E-state index >= 15 is 0 Å². The third-order valence-electron chi connectivity index (χ3n) is 5.61. The van der Waals surface area contributed by atoms with Crippen molar-refractivity contribution in [3.8, 4) is 6.07 Å². The first kappa shape index (κ1) is 19.9. The highest BCUT2D eigenvalue weighted by atomic mass is 16.5. The Labute approximate surface area is 174 Å². The van der Waals surface area contributed by atoms with Crippen LogP contribution in [0.4, 0.5) is 22.1 Å². The van der Waals surface area contributed by atoms with Crippen molar-refractivity contribution in [3.63, 3.8) is 0 Å². The first-order valence-corrected chi connectivity index (χ1v) is 10.1. The van der Waals surface area contributed by atoms with Crippen molar-refractivity contribution in [1.82, 2.24) is 14.9 Å². The maximum absolute atomic E-state index is 11.1. The predicted octanol–water partition coefficient (Wildman–Crippen LogP) is 2.79. The number of hydrogen-bond acceptors (Lipinski definition) is 7. The summed E-state index contributed by atoms with van der Waals surface area (Å²) >= 11 is 0. The monoisotopic (exact) mass is 408 g/mol. The van der Waals surface area contributed by atoms with E-state index < -0.39 is 6.09 Å². The largest absolute Gasteiger partial charge is 0.465 e. The number of ether oxygens (including phenoxy) is 1. The molecule has 9 nitrogen and oxygen atoms in total. The molecule has 1 amide bonds. The standard InChI is InChI=1S/C21H24N6O3/c22-13-18-20(25-19(14-23-18)26-9-11-30-12-10-26)24-17-3-1-15(2-4-17)16-5-7-27(8-6-16)21(28)29/h1-4,14,16H,5-12H2,(H,24,25)(H,28,29). The molecule has 3 heterocycles. The van der Waals surface area contributed by atoms with Gasteiger partial charge in [0, 0.05) is 31.9 Å². The van der Waals surface area contributed by atoms with E-state index in [2.05, 4.69) is 38.4 Å². The van der Waals surface area contributed by atoms with Crippen molar-refractivity contribution < 1.29 is 14.6 Å². The van der Waals surface area contributed by atoms with Crippen molar-refractivity contribution in [1.29, 1.82) is 5.26 Å². The summed E-state index contributed by atoms with van der Waals surface area (Å²) in [5.74, 6) is 1.51. The van der Waals surface area contributed by atoms with Crippen LogP contribution in [0.2, 0.25) is 0 Å². The molecule has 0 bridgehead atoms. The first-order valence-electron chi connectivity index (χ1n) is 10.1. The minimum atomic E-state index is -0.846. The number of piperidine rings is 1. The molecule has 156 valence electrons. The summed E-state index contributed by atoms with van der Waals surface area (Å²) < 4.78 is 5.38. The number of amides is 1. The fourth-order valence-corrected chi connectivity index (χ4v) is 3.87. The van der Waals surface area contributed by atoms with E-state index in [0.717, 1.165) is 37.4 Å². The van der Waals surface area contributed by atoms with E-state index in [9.17, 15) is 10.1 Å². The molecule has 0 unspecified atom stereocenters. The normalized spacial score (nSPS) is 17.4. The zero-order valence-electron chi connectivity index (χ0n) is 16.6. The lowest BCUT2D eigenvalue weighted by Crippen LogP contribution is -2.37. The maximum Gasteiger partial charge on any atom is 0.407 e. The Morgan fingerprint density at radius 1 is 1.17 bits per heavy atom. The van der Waals surface area contributed by atoms with Crippen molar-refractivity contribution in [2.45, 2.75) is 18.8 Å². The van der Waals surface area contributed by atoms with Gasteiger partial charge in [-0.25, -0.2) is 14.8 Å². The van der Waals surface area contributed by atoms with E-state index in [4.69, 9.17) is 9.84 Å². The van der Waals surface area contributed by atoms with Gasteiger partial charge in [-0.15, -0.1) is 0 Å². The Kier molecular flexibility index (Phi) is 5.95. The van der Waals surface area contributed by atoms with E-state index in [1.54, 1.807) is 6.20 Å². The molecule has 0 radical (unpaired) electrons. The van der Waals surface area contributed by atoms with Crippen LogP contribution in [0.5, 0.6) is 0 Å². The molecule has 2 aromatic rings. The summed E-state index contributed by atoms with van der Waals surface area (Å²) in [7, 11) is 0. The van der Waals surface area contributed by atoms with Crippen LogP contribution < -0.4 is 10.2 Å². The summed E-state index contributed by atoms with van der Waals surface area (Å²) in [4.78, 5) is 23.5. The Hall–Kier alpha value is -3.38. The number of carbonyl (C=O) groups is 1. The maximum atomic E-state index is 11.1. The summed E-state index contributed by atoms with van der Waals surface area (Å²) in [6.45, 7) is 3.92. The van der Waals surface area contributed by atoms with Gasteiger partial charge in [-0.3, -0.25) is 0 Å². The van der Waals surface area contributed by atoms with Crippen molar-refractivity contribution in [2.24, 2.45) is 0 Å². The Balaban J connectivity index is 1.45. The lowest BCUT2D eigenvalue weighted by Gasteiger charge is -2.30. The van der Waals surface area contributed by atoms with Gasteiger partial charge in [0.15, 0.2) is 11.5 Å². The molecule has 9 heteroatoms. The van der Waals surface area contributed by atoms with Gasteiger partial charge < -0.3 is 25.0 Å². The highest BCUT2D eigenvalue weighted by molar-refractivity contribution is 5.65. The van der Waals surface area contributed by atoms with Crippen LogP contribution in [0.25, 0.3) is 0 Å². The van der Waals surface area contributed by atoms with E-state index in [0.29, 0.717) is 38.0 Å². The lowest BCUT2D eigenvalue weighted by atomic mass is 9.89. The van der Waals surface area contributed by atoms with E-state index in [-0.39, 0.29) is 5.69 Å². The predicted molar refractivity (Wildman–Crippen MR) is 111 cm³/mol. The quantitative estimate of drug-likeness (QED) is 0.794. The molecule has 1 aromatic carbocycles. The molecule has 2 N–H and O–H groups in total. The number of likely N-dealkylation sites (tertiary alicyclic amines) is 1. The molecule has 0 spiro atoms. The topological polar surface area (TPSA) is 115 Å². The molecular formula is C21H24N6O3. The van der Waals surface area contributed by atoms with Crippen LogP contribution >= 0.6 is 0 Å². The number of benzene rings is 1. The zero-order chi connectivity index (χ0) is 20.9. The van der Waals surface area contributed by atoms with Gasteiger partial charge >= 0.3 is 6.09 Å². The Morgan fingerprint density at radius 3 is 2.50 bits per heavy atom. The number of nitriles is 1. The first-order chi connectivity index (χ1) is 14.6. The average molecular weight is 408 g/mol. The van der Waals surface area contributed by atoms with Gasteiger partial charge in [0.1, 0.15) is 11.9 Å². The van der Waals surface area contributed by atoms with Crippen LogP contribution in [-0.4, -0.2) is 65.5 Å². The van der Waals surface area contributed by atoms with Crippen molar-refractivity contribution in [3.05, 3.63) is 41.7 Å². The number of carboxylic acid groups (broad SMARTS) is 1. The fraction of sp³-hybridized carbons (Fsp3) is 0.429. The molecule has 1 aromatic heterocycles. The molecule has 2 aliphatic rings. The SMILES string of the molecule is N#Cc1ncc(N2CCOCC2)nc1Nc1ccc(C2CCN(C(=O)O)CC2)cc1. The number of aromatic nitrogens is 2. The number of nitrogens with one attached hydrogen (secondary N) is 1. The molecule has 0 atom stereocenters. The molecule has 0 saturated carbocycles. The number of nitrogens with zero attached hydrogens (tertiary/aromatic N) is 5. The lowest BCUT2D eigenvalue weighted by molar-refractivity contribution is 0.122. The van der Waals surface area contributed by atoms with Gasteiger partial charge in [-0.1, -0.05) is 12.1 Å². The Bertz CT molecular complexity index is 929. The molecule has 4 rings (SSSR count). The minimum Gasteiger partial charge on any atom is -0.465 e. The molecule has 2 aliphatic heterocycles. The second-order valence-corrected chi connectivity index (χ2v) is 7.43. The third kappa shape index (κ3) is 4.44. The third-order valence-corrected chi connectivity index (χ3v) is 5.61. The molecular weight excluding hydrogens is 384 g/mol. The van der Waals surface area contributed by atoms with Gasteiger partial charge in [-0.2, -0.15) is 5.26 Å². The Morgan fingerprint density at radius 2 is 1.87 bits per heavy atom.